The van der Waals surface area contributed by atoms with Crippen molar-refractivity contribution in [2.45, 2.75) is 0 Å². The van der Waals surface area contributed by atoms with E-state index in [0.717, 1.165) is 0 Å². The third kappa shape index (κ3) is 3.85. The van der Waals surface area contributed by atoms with Crippen LogP contribution in [0.15, 0.2) is 47.3 Å². The summed E-state index contributed by atoms with van der Waals surface area (Å²) in [5, 5.41) is 11.2. The van der Waals surface area contributed by atoms with Gasteiger partial charge in [-0.1, -0.05) is 23.7 Å². The summed E-state index contributed by atoms with van der Waals surface area (Å²) in [7, 11) is 1.25. The second kappa shape index (κ2) is 7.38. The lowest BCUT2D eigenvalue weighted by molar-refractivity contribution is -0.384. The molecule has 0 spiro atoms. The molecule has 0 saturated heterocycles. The zero-order valence-corrected chi connectivity index (χ0v) is 14.7. The van der Waals surface area contributed by atoms with Crippen molar-refractivity contribution in [2.75, 3.05) is 7.11 Å². The average Bonchev–Trinajstić information content (AvgIpc) is 2.66. The van der Waals surface area contributed by atoms with Crippen LogP contribution in [-0.4, -0.2) is 28.0 Å². The van der Waals surface area contributed by atoms with Crippen LogP contribution in [0.4, 0.5) is 5.69 Å². The first kappa shape index (κ1) is 18.3. The van der Waals surface area contributed by atoms with Crippen LogP contribution < -0.4 is 5.56 Å². The van der Waals surface area contributed by atoms with E-state index in [1.165, 1.54) is 49.6 Å². The van der Waals surface area contributed by atoms with Crippen molar-refractivity contribution in [1.82, 2.24) is 9.97 Å². The first-order valence-corrected chi connectivity index (χ1v) is 8.01. The molecular formula is C18H12ClN3O5. The molecule has 0 fully saturated rings. The topological polar surface area (TPSA) is 115 Å². The lowest BCUT2D eigenvalue weighted by atomic mass is 10.1. The number of aromatic nitrogens is 2. The van der Waals surface area contributed by atoms with E-state index in [2.05, 4.69) is 14.7 Å². The number of nitrogens with one attached hydrogen (secondary N) is 1. The first-order chi connectivity index (χ1) is 12.9. The molecule has 0 unspecified atom stereocenters. The van der Waals surface area contributed by atoms with Crippen LogP contribution in [-0.2, 0) is 4.74 Å². The lowest BCUT2D eigenvalue weighted by Crippen LogP contribution is -2.11. The fourth-order valence-corrected chi connectivity index (χ4v) is 2.66. The molecule has 1 N–H and O–H groups in total. The molecule has 3 aromatic rings. The number of fused-ring (bicyclic) bond motifs is 1. The van der Waals surface area contributed by atoms with Crippen molar-refractivity contribution in [3.63, 3.8) is 0 Å². The highest BCUT2D eigenvalue weighted by Gasteiger charge is 2.12. The molecule has 136 valence electrons. The molecule has 1 heterocycles. The minimum Gasteiger partial charge on any atom is -0.465 e. The molecule has 9 heteroatoms. The van der Waals surface area contributed by atoms with E-state index < -0.39 is 16.5 Å². The van der Waals surface area contributed by atoms with E-state index in [4.69, 9.17) is 11.6 Å². The van der Waals surface area contributed by atoms with Crippen molar-refractivity contribution in [2.24, 2.45) is 0 Å². The molecule has 0 aliphatic carbocycles. The number of carbonyl (C=O) groups excluding carboxylic acids is 1. The van der Waals surface area contributed by atoms with Gasteiger partial charge in [0.15, 0.2) is 5.82 Å². The largest absolute Gasteiger partial charge is 0.465 e. The number of carbonyl (C=O) groups is 1. The Morgan fingerprint density at radius 1 is 1.30 bits per heavy atom. The Hall–Kier alpha value is -3.52. The number of ether oxygens (including phenoxy) is 1. The zero-order chi connectivity index (χ0) is 19.6. The minimum atomic E-state index is -0.557. The SMILES string of the molecule is COC(=O)c1ccc2c(=O)[nH]c(/C(Cl)=C/c3cccc([N+](=O)[O-])c3)nc2c1. The molecular weight excluding hydrogens is 374 g/mol. The Balaban J connectivity index is 2.07. The number of non-ortho nitro benzene ring substituents is 1. The number of hydrogen-bond donors (Lipinski definition) is 1. The standard InChI is InChI=1S/C18H12ClN3O5/c1-27-18(24)11-5-6-13-15(9-11)20-16(21-17(13)23)14(19)8-10-3-2-4-12(7-10)22(25)26/h2-9H,1H3,(H,20,21,23)/b14-8-. The van der Waals surface area contributed by atoms with Crippen LogP contribution in [0.2, 0.25) is 0 Å². The summed E-state index contributed by atoms with van der Waals surface area (Å²) >= 11 is 6.24. The summed E-state index contributed by atoms with van der Waals surface area (Å²) in [6.45, 7) is 0. The van der Waals surface area contributed by atoms with Gasteiger partial charge in [-0.15, -0.1) is 0 Å². The number of methoxy groups -OCH3 is 1. The number of halogens is 1. The fraction of sp³-hybridized carbons (Fsp3) is 0.0556. The lowest BCUT2D eigenvalue weighted by Gasteiger charge is -2.04. The molecule has 0 saturated carbocycles. The van der Waals surface area contributed by atoms with Gasteiger partial charge in [0.05, 0.1) is 33.5 Å². The molecule has 8 nitrogen and oxygen atoms in total. The molecule has 2 aromatic carbocycles. The van der Waals surface area contributed by atoms with Crippen LogP contribution in [0.1, 0.15) is 21.7 Å². The van der Waals surface area contributed by atoms with Crippen LogP contribution in [0.3, 0.4) is 0 Å². The van der Waals surface area contributed by atoms with Crippen molar-refractivity contribution < 1.29 is 14.5 Å². The maximum atomic E-state index is 12.3. The molecule has 0 radical (unpaired) electrons. The quantitative estimate of drug-likeness (QED) is 0.418. The summed E-state index contributed by atoms with van der Waals surface area (Å²) in [4.78, 5) is 41.1. The van der Waals surface area contributed by atoms with Crippen molar-refractivity contribution in [3.8, 4) is 0 Å². The summed E-state index contributed by atoms with van der Waals surface area (Å²) in [6, 6.07) is 10.2. The van der Waals surface area contributed by atoms with Gasteiger partial charge in [0, 0.05) is 12.1 Å². The van der Waals surface area contributed by atoms with Crippen LogP contribution in [0.25, 0.3) is 22.0 Å². The summed E-state index contributed by atoms with van der Waals surface area (Å²) in [5.74, 6) is -0.485. The fourth-order valence-electron chi connectivity index (χ4n) is 2.44. The second-order valence-corrected chi connectivity index (χ2v) is 5.89. The third-order valence-electron chi connectivity index (χ3n) is 3.73. The van der Waals surface area contributed by atoms with Crippen LogP contribution in [0.5, 0.6) is 0 Å². The van der Waals surface area contributed by atoms with Gasteiger partial charge in [0.2, 0.25) is 0 Å². The number of esters is 1. The number of H-pyrrole nitrogens is 1. The van der Waals surface area contributed by atoms with Crippen molar-refractivity contribution in [3.05, 3.63) is 79.9 Å². The van der Waals surface area contributed by atoms with Crippen LogP contribution in [0, 0.1) is 10.1 Å². The van der Waals surface area contributed by atoms with E-state index >= 15 is 0 Å². The Bertz CT molecular complexity index is 1150. The number of hydrogen-bond acceptors (Lipinski definition) is 6. The van der Waals surface area contributed by atoms with E-state index in [9.17, 15) is 19.7 Å². The first-order valence-electron chi connectivity index (χ1n) is 7.63. The number of nitro benzene ring substituents is 1. The summed E-state index contributed by atoms with van der Waals surface area (Å²) in [6.07, 6.45) is 1.45. The maximum Gasteiger partial charge on any atom is 0.337 e. The summed E-state index contributed by atoms with van der Waals surface area (Å²) < 4.78 is 4.66. The Morgan fingerprint density at radius 3 is 2.78 bits per heavy atom. The Kier molecular flexibility index (Phi) is 5.00. The van der Waals surface area contributed by atoms with Crippen LogP contribution >= 0.6 is 11.6 Å². The Morgan fingerprint density at radius 2 is 2.07 bits per heavy atom. The minimum absolute atomic E-state index is 0.0719. The summed E-state index contributed by atoms with van der Waals surface area (Å²) in [5.41, 5.74) is 0.461. The molecule has 1 aromatic heterocycles. The molecule has 27 heavy (non-hydrogen) atoms. The number of nitro groups is 1. The Labute approximate surface area is 157 Å². The second-order valence-electron chi connectivity index (χ2n) is 5.48. The van der Waals surface area contributed by atoms with E-state index in [-0.39, 0.29) is 33.0 Å². The average molecular weight is 386 g/mol. The highest BCUT2D eigenvalue weighted by molar-refractivity contribution is 6.50. The number of benzene rings is 2. The van der Waals surface area contributed by atoms with Gasteiger partial charge < -0.3 is 9.72 Å². The third-order valence-corrected chi connectivity index (χ3v) is 4.02. The molecule has 0 aliphatic heterocycles. The van der Waals surface area contributed by atoms with E-state index in [1.807, 2.05) is 0 Å². The van der Waals surface area contributed by atoms with Gasteiger partial charge in [0.1, 0.15) is 0 Å². The zero-order valence-electron chi connectivity index (χ0n) is 13.9. The smallest absolute Gasteiger partial charge is 0.337 e. The highest BCUT2D eigenvalue weighted by atomic mass is 35.5. The van der Waals surface area contributed by atoms with Crippen molar-refractivity contribution >= 4 is 45.3 Å². The molecule has 0 atom stereocenters. The van der Waals surface area contributed by atoms with Gasteiger partial charge in [-0.2, -0.15) is 0 Å². The van der Waals surface area contributed by atoms with E-state index in [1.54, 1.807) is 6.07 Å². The van der Waals surface area contributed by atoms with Gasteiger partial charge in [-0.05, 0) is 29.8 Å². The van der Waals surface area contributed by atoms with Gasteiger partial charge in [0.25, 0.3) is 11.2 Å². The maximum absolute atomic E-state index is 12.3. The molecule has 3 rings (SSSR count). The normalized spacial score (nSPS) is 11.4. The molecule has 0 amide bonds. The van der Waals surface area contributed by atoms with Gasteiger partial charge in [-0.3, -0.25) is 14.9 Å². The molecule has 0 aliphatic rings. The molecule has 0 bridgehead atoms. The van der Waals surface area contributed by atoms with Gasteiger partial charge in [-0.25, -0.2) is 9.78 Å². The predicted molar refractivity (Wildman–Crippen MR) is 101 cm³/mol. The monoisotopic (exact) mass is 385 g/mol. The highest BCUT2D eigenvalue weighted by Crippen LogP contribution is 2.22. The van der Waals surface area contributed by atoms with Gasteiger partial charge >= 0.3 is 5.97 Å². The number of rotatable bonds is 4. The predicted octanol–water partition coefficient (Wildman–Crippen LogP) is 3.35. The number of aromatic amines is 1. The number of nitrogens with zero attached hydrogens (tertiary/aromatic N) is 2. The van der Waals surface area contributed by atoms with E-state index in [0.29, 0.717) is 5.56 Å². The van der Waals surface area contributed by atoms with Crippen molar-refractivity contribution in [1.29, 1.82) is 0 Å².